The Labute approximate surface area is 463 Å². The highest BCUT2D eigenvalue weighted by molar-refractivity contribution is 5.87. The molecule has 0 radical (unpaired) electrons. The van der Waals surface area contributed by atoms with Crippen LogP contribution in [0.25, 0.3) is 0 Å². The van der Waals surface area contributed by atoms with Crippen LogP contribution in [0.3, 0.4) is 0 Å². The Balaban J connectivity index is 1.60. The normalized spacial score (nSPS) is 40.3. The predicted molar refractivity (Wildman–Crippen MR) is 275 cm³/mol. The van der Waals surface area contributed by atoms with Crippen LogP contribution in [-0.4, -0.2) is 212 Å². The molecule has 0 aromatic rings. The first-order valence-corrected chi connectivity index (χ1v) is 28.5. The molecule has 456 valence electrons. The fraction of sp³-hybridized carbons (Fsp3) is 0.891. The first-order chi connectivity index (χ1) is 37.4. The van der Waals surface area contributed by atoms with Crippen LogP contribution in [0.5, 0.6) is 0 Å². The van der Waals surface area contributed by atoms with E-state index in [1.807, 2.05) is 0 Å². The predicted octanol–water partition coefficient (Wildman–Crippen LogP) is 2.04. The van der Waals surface area contributed by atoms with E-state index in [9.17, 15) is 60.0 Å². The molecule has 79 heavy (non-hydrogen) atoms. The zero-order valence-electron chi connectivity index (χ0n) is 47.5. The van der Waals surface area contributed by atoms with E-state index < -0.39 is 183 Å². The molecule has 0 aliphatic carbocycles. The lowest BCUT2D eigenvalue weighted by molar-refractivity contribution is -0.399. The third-order valence-electron chi connectivity index (χ3n) is 15.8. The van der Waals surface area contributed by atoms with Crippen LogP contribution >= 0.6 is 0 Å². The second-order valence-electron chi connectivity index (χ2n) is 22.1. The Kier molecular flexibility index (Phi) is 26.7. The van der Waals surface area contributed by atoms with Crippen LogP contribution in [0, 0.1) is 11.8 Å². The van der Waals surface area contributed by atoms with Crippen LogP contribution in [0.2, 0.25) is 0 Å². The Hall–Kier alpha value is -3.02. The summed E-state index contributed by atoms with van der Waals surface area (Å²) in [6.07, 6.45) is -25.0. The van der Waals surface area contributed by atoms with Crippen molar-refractivity contribution in [3.05, 3.63) is 11.6 Å². The summed E-state index contributed by atoms with van der Waals surface area (Å²) in [4.78, 5) is 53.9. The van der Waals surface area contributed by atoms with Crippen molar-refractivity contribution in [3.8, 4) is 0 Å². The van der Waals surface area contributed by atoms with Gasteiger partial charge in [-0.2, -0.15) is 0 Å². The maximum atomic E-state index is 14.1. The molecule has 2 bridgehead atoms. The standard InChI is InChI=1S/C55H92O24/c1-11-13-19-22-34-23-20-17-15-14-16-18-21-24-36(58)74-47-44(77-52-42(64)41(63)43(32(9)70-52)75-49(65)26(3)12-2)33(10)71-55(48(47)76-51(67)28(5)30(7)57)79-46-40(62)38(60)35(25-68-50(66)27(4)29(6)56)73-54(46)78-45-39(61)37(59)31(8)69-53(45)72-34/h12,27-35,37-48,52-57,59-64H,11,13-25H2,1-10H3/b26-12+/t27?,28?,29?,30?,31-,32-,33+,34?,35-,37-,38-,39+,40+,41-,42-,43-,44+,45-,46-,47-,48-,52+,53+,54+,55+/m1/s1. The molecule has 0 saturated carbocycles. The van der Waals surface area contributed by atoms with Crippen molar-refractivity contribution >= 4 is 23.9 Å². The van der Waals surface area contributed by atoms with Crippen molar-refractivity contribution < 1.29 is 117 Å². The highest BCUT2D eigenvalue weighted by atomic mass is 16.8. The van der Waals surface area contributed by atoms with Crippen LogP contribution in [0.4, 0.5) is 0 Å². The molecule has 5 fully saturated rings. The zero-order valence-corrected chi connectivity index (χ0v) is 47.5. The number of fused-ring (bicyclic) bond motifs is 4. The minimum atomic E-state index is -2.07. The summed E-state index contributed by atoms with van der Waals surface area (Å²) in [6, 6.07) is 0. The van der Waals surface area contributed by atoms with Gasteiger partial charge in [0.1, 0.15) is 67.6 Å². The SMILES string of the molecule is C/C=C(\C)C(=O)O[C@H]1[C@H](O)[C@@H](O)[C@H](O[C@@H]2[C@H]3OC(=O)CCCCCCCCCC(CCCCC)O[C@@H]4O[C@H](C)[C@@H](O)[C@H](O)[C@H]4O[C@@H]4O[C@H](COC(=O)C(C)C(C)O)[C@@H](O)[C@H](O)[C@H]4O[C@H](O[C@H]2C)[C@@H]3OC(=O)C(C)C(C)O)O[C@@H]1C. The second-order valence-corrected chi connectivity index (χ2v) is 22.1. The Bertz CT molecular complexity index is 1920. The maximum absolute atomic E-state index is 14.1. The largest absolute Gasteiger partial charge is 0.463 e. The molecule has 5 aliphatic heterocycles. The third kappa shape index (κ3) is 18.0. The molecule has 5 unspecified atom stereocenters. The molecule has 5 aliphatic rings. The third-order valence-corrected chi connectivity index (χ3v) is 15.8. The number of hydrogen-bond donors (Lipinski definition) is 8. The highest BCUT2D eigenvalue weighted by Gasteiger charge is 2.58. The van der Waals surface area contributed by atoms with E-state index in [2.05, 4.69) is 6.92 Å². The lowest BCUT2D eigenvalue weighted by Gasteiger charge is -2.50. The average molecular weight is 1140 g/mol. The smallest absolute Gasteiger partial charge is 0.333 e. The van der Waals surface area contributed by atoms with Gasteiger partial charge in [-0.1, -0.05) is 70.8 Å². The van der Waals surface area contributed by atoms with Gasteiger partial charge in [-0.25, -0.2) is 4.79 Å². The van der Waals surface area contributed by atoms with E-state index in [4.69, 9.17) is 56.8 Å². The fourth-order valence-corrected chi connectivity index (χ4v) is 9.92. The van der Waals surface area contributed by atoms with E-state index in [0.717, 1.165) is 51.4 Å². The monoisotopic (exact) mass is 1140 g/mol. The molecule has 0 spiro atoms. The molecule has 5 rings (SSSR count). The van der Waals surface area contributed by atoms with Gasteiger partial charge in [-0.15, -0.1) is 0 Å². The van der Waals surface area contributed by atoms with Crippen LogP contribution in [-0.2, 0) is 76.0 Å². The van der Waals surface area contributed by atoms with E-state index in [1.165, 1.54) is 54.5 Å². The number of aliphatic hydroxyl groups excluding tert-OH is 8. The number of esters is 4. The number of carbonyl (C=O) groups is 4. The summed E-state index contributed by atoms with van der Waals surface area (Å²) in [5, 5.41) is 90.6. The van der Waals surface area contributed by atoms with Crippen LogP contribution < -0.4 is 0 Å². The van der Waals surface area contributed by atoms with Crippen molar-refractivity contribution in [2.24, 2.45) is 11.8 Å². The fourth-order valence-electron chi connectivity index (χ4n) is 9.92. The number of aliphatic hydroxyl groups is 8. The minimum absolute atomic E-state index is 0.112. The van der Waals surface area contributed by atoms with Gasteiger partial charge in [0, 0.05) is 12.0 Å². The highest BCUT2D eigenvalue weighted by Crippen LogP contribution is 2.38. The number of allylic oxidation sites excluding steroid dienone is 1. The van der Waals surface area contributed by atoms with E-state index >= 15 is 0 Å². The first kappa shape index (κ1) is 66.8. The Morgan fingerprint density at radius 3 is 1.81 bits per heavy atom. The summed E-state index contributed by atoms with van der Waals surface area (Å²) >= 11 is 0. The summed E-state index contributed by atoms with van der Waals surface area (Å²) < 4.78 is 74.2. The molecule has 5 saturated heterocycles. The molecule has 0 aromatic heterocycles. The Morgan fingerprint density at radius 1 is 0.608 bits per heavy atom. The lowest BCUT2D eigenvalue weighted by Crippen LogP contribution is -2.68. The molecule has 8 N–H and O–H groups in total. The van der Waals surface area contributed by atoms with Gasteiger partial charge in [0.05, 0.1) is 48.5 Å². The van der Waals surface area contributed by atoms with Gasteiger partial charge in [-0.05, 0) is 81.6 Å². The van der Waals surface area contributed by atoms with Gasteiger partial charge in [0.15, 0.2) is 43.5 Å². The summed E-state index contributed by atoms with van der Waals surface area (Å²) in [6.45, 7) is 14.5. The first-order valence-electron chi connectivity index (χ1n) is 28.5. The van der Waals surface area contributed by atoms with E-state index in [1.54, 1.807) is 13.8 Å². The molecular formula is C55H92O24. The van der Waals surface area contributed by atoms with Gasteiger partial charge in [0.25, 0.3) is 0 Å². The van der Waals surface area contributed by atoms with Crippen molar-refractivity contribution in [2.45, 2.75) is 294 Å². The second kappa shape index (κ2) is 31.6. The molecule has 24 nitrogen and oxygen atoms in total. The quantitative estimate of drug-likeness (QED) is 0.0503. The number of hydrogen-bond acceptors (Lipinski definition) is 24. The molecule has 0 aromatic carbocycles. The molecule has 0 amide bonds. The van der Waals surface area contributed by atoms with Crippen LogP contribution in [0.15, 0.2) is 11.6 Å². The van der Waals surface area contributed by atoms with Crippen molar-refractivity contribution in [3.63, 3.8) is 0 Å². The van der Waals surface area contributed by atoms with Crippen molar-refractivity contribution in [1.82, 2.24) is 0 Å². The molecule has 5 heterocycles. The summed E-state index contributed by atoms with van der Waals surface area (Å²) in [7, 11) is 0. The zero-order chi connectivity index (χ0) is 58.4. The summed E-state index contributed by atoms with van der Waals surface area (Å²) in [5.41, 5.74) is 0.231. The average Bonchev–Trinajstić information content (AvgIpc) is 3.47. The molecule has 24 heteroatoms. The summed E-state index contributed by atoms with van der Waals surface area (Å²) in [5.74, 6) is -5.69. The topological polar surface area (TPSA) is 341 Å². The number of rotatable bonds is 15. The number of ether oxygens (including phenoxy) is 12. The lowest BCUT2D eigenvalue weighted by atomic mass is 9.95. The van der Waals surface area contributed by atoms with Gasteiger partial charge < -0.3 is 97.7 Å². The van der Waals surface area contributed by atoms with Gasteiger partial charge in [-0.3, -0.25) is 14.4 Å². The van der Waals surface area contributed by atoms with Gasteiger partial charge in [0.2, 0.25) is 0 Å². The molecule has 25 atom stereocenters. The van der Waals surface area contributed by atoms with Crippen LogP contribution in [0.1, 0.15) is 153 Å². The number of unbranched alkanes of at least 4 members (excludes halogenated alkanes) is 2. The van der Waals surface area contributed by atoms with E-state index in [0.29, 0.717) is 25.7 Å². The van der Waals surface area contributed by atoms with Crippen molar-refractivity contribution in [2.75, 3.05) is 6.61 Å². The van der Waals surface area contributed by atoms with Crippen molar-refractivity contribution in [1.29, 1.82) is 0 Å². The van der Waals surface area contributed by atoms with Gasteiger partial charge >= 0.3 is 23.9 Å². The minimum Gasteiger partial charge on any atom is -0.463 e. The number of carbonyl (C=O) groups excluding carboxylic acids is 4. The maximum Gasteiger partial charge on any atom is 0.333 e. The van der Waals surface area contributed by atoms with E-state index in [-0.39, 0.29) is 12.0 Å². The molecular weight excluding hydrogens is 1040 g/mol. The Morgan fingerprint density at radius 2 is 1.18 bits per heavy atom.